The van der Waals surface area contributed by atoms with Gasteiger partial charge in [0.2, 0.25) is 0 Å². The number of phenols is 1. The van der Waals surface area contributed by atoms with Crippen LogP contribution >= 0.6 is 23.2 Å². The van der Waals surface area contributed by atoms with Crippen molar-refractivity contribution >= 4 is 41.7 Å². The van der Waals surface area contributed by atoms with E-state index >= 15 is 4.32 Å². The van der Waals surface area contributed by atoms with E-state index < -0.39 is 7.26 Å². The summed E-state index contributed by atoms with van der Waals surface area (Å²) < 4.78 is 21.1. The second-order valence-electron chi connectivity index (χ2n) is 11.0. The summed E-state index contributed by atoms with van der Waals surface area (Å²) in [6.45, 7) is 0. The Bertz CT molecular complexity index is 1840. The molecular formula is C33H25BCl2FN2O+. The highest BCUT2D eigenvalue weighted by Crippen LogP contribution is 2.48. The van der Waals surface area contributed by atoms with Crippen LogP contribution in [-0.4, -0.2) is 27.0 Å². The number of benzene rings is 3. The molecule has 0 radical (unpaired) electrons. The molecule has 8 rings (SSSR count). The van der Waals surface area contributed by atoms with Crippen LogP contribution in [0.4, 0.5) is 4.32 Å². The monoisotopic (exact) mass is 565 g/mol. The summed E-state index contributed by atoms with van der Waals surface area (Å²) in [6.07, 6.45) is 7.76. The minimum atomic E-state index is -1.45. The first kappa shape index (κ1) is 24.3. The molecule has 0 fully saturated rings. The Morgan fingerprint density at radius 3 is 2.17 bits per heavy atom. The van der Waals surface area contributed by atoms with Gasteiger partial charge in [-0.2, -0.15) is 0 Å². The van der Waals surface area contributed by atoms with Crippen LogP contribution in [-0.2, 0) is 19.3 Å². The van der Waals surface area contributed by atoms with Gasteiger partial charge in [0.05, 0.1) is 21.3 Å². The number of aromatic hydroxyl groups is 1. The van der Waals surface area contributed by atoms with E-state index in [2.05, 4.69) is 48.5 Å². The zero-order chi connectivity index (χ0) is 27.1. The first-order chi connectivity index (χ1) is 19.5. The van der Waals surface area contributed by atoms with Crippen LogP contribution in [0.1, 0.15) is 52.8 Å². The van der Waals surface area contributed by atoms with E-state index in [4.69, 9.17) is 23.2 Å². The summed E-state index contributed by atoms with van der Waals surface area (Å²) >= 11 is 13.7. The Kier molecular flexibility index (Phi) is 5.45. The molecule has 7 heteroatoms. The van der Waals surface area contributed by atoms with Crippen molar-refractivity contribution in [2.45, 2.75) is 38.5 Å². The summed E-state index contributed by atoms with van der Waals surface area (Å²) in [5.41, 5.74) is 11.7. The molecule has 40 heavy (non-hydrogen) atoms. The Morgan fingerprint density at radius 2 is 1.43 bits per heavy atom. The van der Waals surface area contributed by atoms with Crippen LogP contribution in [0.15, 0.2) is 84.1 Å². The SMILES string of the molecule is Oc1cc(Cl)c(C2=C3C=C4CCCc5ccccc5C4=[N+]3B(F)n3c2cc2c3-c3ccccc3CCC2)c(Cl)c1. The van der Waals surface area contributed by atoms with Crippen molar-refractivity contribution in [3.05, 3.63) is 128 Å². The molecule has 3 aromatic carbocycles. The van der Waals surface area contributed by atoms with Crippen LogP contribution in [0.5, 0.6) is 5.75 Å². The van der Waals surface area contributed by atoms with Crippen molar-refractivity contribution in [1.29, 1.82) is 0 Å². The maximum absolute atomic E-state index is 17.4. The predicted octanol–water partition coefficient (Wildman–Crippen LogP) is 8.01. The van der Waals surface area contributed by atoms with Crippen molar-refractivity contribution in [3.63, 3.8) is 0 Å². The molecule has 0 saturated heterocycles. The molecule has 4 aliphatic rings. The van der Waals surface area contributed by atoms with Crippen molar-refractivity contribution in [1.82, 2.24) is 4.48 Å². The second-order valence-corrected chi connectivity index (χ2v) is 11.9. The van der Waals surface area contributed by atoms with Crippen molar-refractivity contribution in [2.75, 3.05) is 0 Å². The third-order valence-electron chi connectivity index (χ3n) is 8.78. The Balaban J connectivity index is 1.52. The second kappa shape index (κ2) is 8.99. The molecule has 0 saturated carbocycles. The Morgan fingerprint density at radius 1 is 0.800 bits per heavy atom. The van der Waals surface area contributed by atoms with Gasteiger partial charge in [0.25, 0.3) is 0 Å². The lowest BCUT2D eigenvalue weighted by Crippen LogP contribution is -2.41. The molecule has 0 amide bonds. The number of allylic oxidation sites excluding steroid dienone is 2. The number of hydrogen-bond acceptors (Lipinski definition) is 1. The molecule has 0 bridgehead atoms. The van der Waals surface area contributed by atoms with Gasteiger partial charge >= 0.3 is 7.26 Å². The molecule has 3 heterocycles. The molecule has 4 aromatic rings. The van der Waals surface area contributed by atoms with Gasteiger partial charge in [0.15, 0.2) is 11.4 Å². The number of nitrogens with zero attached hydrogens (tertiary/aromatic N) is 2. The van der Waals surface area contributed by atoms with Crippen molar-refractivity contribution in [3.8, 4) is 17.0 Å². The number of phenolic OH excluding ortho intramolecular Hbond substituents is 1. The smallest absolute Gasteiger partial charge is 0.508 e. The summed E-state index contributed by atoms with van der Waals surface area (Å²) in [6, 6.07) is 21.9. The minimum absolute atomic E-state index is 0.00119. The van der Waals surface area contributed by atoms with Crippen molar-refractivity contribution < 1.29 is 13.9 Å². The molecule has 1 aromatic heterocycles. The van der Waals surface area contributed by atoms with E-state index in [1.807, 2.05) is 21.1 Å². The molecule has 1 N–H and O–H groups in total. The fraction of sp³-hybridized carbons (Fsp3) is 0.182. The number of aryl methyl sites for hydroxylation is 3. The number of aromatic nitrogens is 1. The largest absolute Gasteiger partial charge is 0.847 e. The number of halogens is 3. The average molecular weight is 566 g/mol. The van der Waals surface area contributed by atoms with Crippen LogP contribution < -0.4 is 0 Å². The van der Waals surface area contributed by atoms with E-state index in [0.29, 0.717) is 15.6 Å². The standard InChI is InChI=1S/C33H24BCl2FN2O/c35-26-17-23(40)18-27(36)30(26)31-28-15-21-11-5-9-19-7-1-3-13-24(19)32(21)38(28)34(37)39-29(31)16-22-12-6-10-20-8-2-4-14-25(20)33(22)39/h1-4,7-8,13-18H,5-6,9-12H2/p+1. The molecular weight excluding hydrogens is 541 g/mol. The highest BCUT2D eigenvalue weighted by Gasteiger charge is 2.54. The first-order valence-electron chi connectivity index (χ1n) is 13.9. The first-order valence-corrected chi connectivity index (χ1v) is 14.6. The molecule has 196 valence electrons. The van der Waals surface area contributed by atoms with E-state index in [1.54, 1.807) is 0 Å². The number of fused-ring (bicyclic) bond motifs is 9. The maximum Gasteiger partial charge on any atom is 0.847 e. The lowest BCUT2D eigenvalue weighted by atomic mass is 9.88. The lowest BCUT2D eigenvalue weighted by molar-refractivity contribution is -0.334. The van der Waals surface area contributed by atoms with E-state index in [-0.39, 0.29) is 5.75 Å². The highest BCUT2D eigenvalue weighted by molar-refractivity contribution is 6.46. The van der Waals surface area contributed by atoms with Crippen LogP contribution in [0.2, 0.25) is 10.0 Å². The Labute approximate surface area is 242 Å². The van der Waals surface area contributed by atoms with Gasteiger partial charge in [-0.05, 0) is 79.5 Å². The van der Waals surface area contributed by atoms with Gasteiger partial charge in [-0.15, -0.1) is 0 Å². The number of rotatable bonds is 1. The van der Waals surface area contributed by atoms with E-state index in [9.17, 15) is 5.11 Å². The summed E-state index contributed by atoms with van der Waals surface area (Å²) in [5.74, 6) is -0.00119. The average Bonchev–Trinajstić information content (AvgIpc) is 3.38. The molecule has 3 nitrogen and oxygen atoms in total. The van der Waals surface area contributed by atoms with E-state index in [1.165, 1.54) is 23.3 Å². The maximum atomic E-state index is 17.4. The van der Waals surface area contributed by atoms with Gasteiger partial charge in [0.1, 0.15) is 5.75 Å². The quantitative estimate of drug-likeness (QED) is 0.233. The zero-order valence-corrected chi connectivity index (χ0v) is 23.2. The van der Waals surface area contributed by atoms with Gasteiger partial charge in [-0.3, -0.25) is 4.48 Å². The number of hydrogen-bond donors (Lipinski definition) is 1. The summed E-state index contributed by atoms with van der Waals surface area (Å²) in [7, 11) is -1.45. The van der Waals surface area contributed by atoms with Crippen LogP contribution in [0.3, 0.4) is 0 Å². The highest BCUT2D eigenvalue weighted by atomic mass is 35.5. The summed E-state index contributed by atoms with van der Waals surface area (Å²) in [5, 5.41) is 10.9. The third-order valence-corrected chi connectivity index (χ3v) is 9.37. The molecule has 2 aliphatic heterocycles. The predicted molar refractivity (Wildman–Crippen MR) is 160 cm³/mol. The summed E-state index contributed by atoms with van der Waals surface area (Å²) in [4.78, 5) is 0. The van der Waals surface area contributed by atoms with Crippen LogP contribution in [0.25, 0.3) is 16.8 Å². The topological polar surface area (TPSA) is 28.2 Å². The van der Waals surface area contributed by atoms with Gasteiger partial charge < -0.3 is 5.11 Å². The van der Waals surface area contributed by atoms with Gasteiger partial charge in [0, 0.05) is 34.0 Å². The third kappa shape index (κ3) is 3.41. The van der Waals surface area contributed by atoms with Crippen molar-refractivity contribution in [2.24, 2.45) is 0 Å². The molecule has 0 atom stereocenters. The fourth-order valence-corrected chi connectivity index (χ4v) is 7.81. The van der Waals surface area contributed by atoms with Gasteiger partial charge in [-0.1, -0.05) is 65.7 Å². The van der Waals surface area contributed by atoms with Crippen LogP contribution in [0, 0.1) is 0 Å². The molecule has 0 unspecified atom stereocenters. The lowest BCUT2D eigenvalue weighted by Gasteiger charge is -2.23. The zero-order valence-electron chi connectivity index (χ0n) is 21.7. The fourth-order valence-electron chi connectivity index (χ4n) is 7.15. The van der Waals surface area contributed by atoms with E-state index in [0.717, 1.165) is 89.2 Å². The van der Waals surface area contributed by atoms with Gasteiger partial charge in [-0.25, -0.2) is 8.80 Å². The minimum Gasteiger partial charge on any atom is -0.508 e. The Hall–Kier alpha value is -3.54. The normalized spacial score (nSPS) is 17.3. The molecule has 2 aliphatic carbocycles. The molecule has 0 spiro atoms.